The number of aryl methyl sites for hydroxylation is 1. The normalized spacial score (nSPS) is 12.3. The molecule has 0 aliphatic heterocycles. The average Bonchev–Trinajstić information content (AvgIpc) is 2.75. The van der Waals surface area contributed by atoms with E-state index in [-0.39, 0.29) is 18.1 Å². The smallest absolute Gasteiger partial charge is 0.324 e. The van der Waals surface area contributed by atoms with Gasteiger partial charge in [0.05, 0.1) is 24.7 Å². The summed E-state index contributed by atoms with van der Waals surface area (Å²) in [6.45, 7) is -1.14. The van der Waals surface area contributed by atoms with E-state index in [0.29, 0.717) is 16.8 Å². The fourth-order valence-electron chi connectivity index (χ4n) is 2.02. The fraction of sp³-hybridized carbons (Fsp3) is 0.462. The van der Waals surface area contributed by atoms with E-state index in [1.54, 1.807) is 12.1 Å². The lowest BCUT2D eigenvalue weighted by Crippen LogP contribution is -2.32. The number of aromatic nitrogens is 2. The van der Waals surface area contributed by atoms with Crippen molar-refractivity contribution in [3.63, 3.8) is 0 Å². The minimum Gasteiger partial charge on any atom is -0.497 e. The Morgan fingerprint density at radius 3 is 2.67 bits per heavy atom. The van der Waals surface area contributed by atoms with Crippen molar-refractivity contribution in [1.82, 2.24) is 9.55 Å². The molecule has 0 radical (unpaired) electrons. The number of alkyl halides is 5. The third-order valence-corrected chi connectivity index (χ3v) is 3.23. The lowest BCUT2D eigenvalue weighted by atomic mass is 10.2. The molecule has 0 amide bonds. The molecule has 0 unspecified atom stereocenters. The molecule has 1 aromatic carbocycles. The first-order chi connectivity index (χ1) is 9.89. The Bertz CT molecular complexity index is 630. The zero-order valence-corrected chi connectivity index (χ0v) is 11.9. The third kappa shape index (κ3) is 3.23. The first-order valence-electron chi connectivity index (χ1n) is 6.14. The van der Waals surface area contributed by atoms with Crippen LogP contribution in [-0.4, -0.2) is 34.9 Å². The number of fused-ring (bicyclic) bond motifs is 1. The highest BCUT2D eigenvalue weighted by atomic mass is 35.5. The van der Waals surface area contributed by atoms with Crippen molar-refractivity contribution < 1.29 is 22.3 Å². The molecule has 0 atom stereocenters. The number of hydrogen-bond donors (Lipinski definition) is 0. The number of rotatable bonds is 6. The van der Waals surface area contributed by atoms with E-state index in [4.69, 9.17) is 16.3 Å². The molecule has 0 saturated heterocycles. The van der Waals surface area contributed by atoms with Gasteiger partial charge in [0, 0.05) is 18.4 Å². The number of methoxy groups -OCH3 is 1. The van der Waals surface area contributed by atoms with Gasteiger partial charge in [0.15, 0.2) is 0 Å². The Kier molecular flexibility index (Phi) is 4.61. The SMILES string of the molecule is COc1ccc2c(c1)nc(CCCl)n2CC(F)(F)C(F)F. The maximum atomic E-state index is 13.3. The molecule has 0 aliphatic carbocycles. The van der Waals surface area contributed by atoms with Crippen LogP contribution < -0.4 is 4.74 Å². The predicted molar refractivity (Wildman–Crippen MR) is 71.7 cm³/mol. The van der Waals surface area contributed by atoms with Gasteiger partial charge < -0.3 is 9.30 Å². The Balaban J connectivity index is 2.51. The van der Waals surface area contributed by atoms with Crippen molar-refractivity contribution in [2.75, 3.05) is 13.0 Å². The first kappa shape index (κ1) is 15.9. The van der Waals surface area contributed by atoms with E-state index in [0.717, 1.165) is 4.57 Å². The van der Waals surface area contributed by atoms with E-state index in [2.05, 4.69) is 4.98 Å². The van der Waals surface area contributed by atoms with Crippen LogP contribution in [0.5, 0.6) is 5.75 Å². The molecule has 1 aromatic heterocycles. The summed E-state index contributed by atoms with van der Waals surface area (Å²) in [5, 5.41) is 0. The van der Waals surface area contributed by atoms with Crippen molar-refractivity contribution in [2.24, 2.45) is 0 Å². The van der Waals surface area contributed by atoms with Gasteiger partial charge in [-0.3, -0.25) is 0 Å². The van der Waals surface area contributed by atoms with Crippen LogP contribution in [0.15, 0.2) is 18.2 Å². The maximum Gasteiger partial charge on any atom is 0.324 e. The molecule has 0 aliphatic rings. The molecule has 0 saturated carbocycles. The number of benzene rings is 1. The fourth-order valence-corrected chi connectivity index (χ4v) is 2.19. The van der Waals surface area contributed by atoms with E-state index in [1.807, 2.05) is 0 Å². The standard InChI is InChI=1S/C13H13ClF4N2O/c1-21-8-2-3-10-9(6-8)19-11(4-5-14)20(10)7-13(17,18)12(15)16/h2-3,6,12H,4-5,7H2,1H3. The summed E-state index contributed by atoms with van der Waals surface area (Å²) in [5.41, 5.74) is 0.746. The van der Waals surface area contributed by atoms with Gasteiger partial charge >= 0.3 is 12.3 Å². The van der Waals surface area contributed by atoms with Gasteiger partial charge in [0.25, 0.3) is 0 Å². The van der Waals surface area contributed by atoms with Crippen LogP contribution in [0.4, 0.5) is 17.6 Å². The van der Waals surface area contributed by atoms with Crippen LogP contribution in [0.2, 0.25) is 0 Å². The zero-order chi connectivity index (χ0) is 15.6. The molecule has 2 aromatic rings. The first-order valence-corrected chi connectivity index (χ1v) is 6.67. The second-order valence-electron chi connectivity index (χ2n) is 4.47. The molecule has 0 spiro atoms. The summed E-state index contributed by atoms with van der Waals surface area (Å²) in [6, 6.07) is 4.63. The Hall–Kier alpha value is -1.50. The monoisotopic (exact) mass is 324 g/mol. The van der Waals surface area contributed by atoms with Gasteiger partial charge in [0.2, 0.25) is 0 Å². The lowest BCUT2D eigenvalue weighted by molar-refractivity contribution is -0.137. The minimum absolute atomic E-state index is 0.153. The third-order valence-electron chi connectivity index (χ3n) is 3.04. The maximum absolute atomic E-state index is 13.3. The van der Waals surface area contributed by atoms with Crippen LogP contribution >= 0.6 is 11.6 Å². The second-order valence-corrected chi connectivity index (χ2v) is 4.85. The molecule has 0 fully saturated rings. The van der Waals surface area contributed by atoms with Crippen molar-refractivity contribution in [3.05, 3.63) is 24.0 Å². The summed E-state index contributed by atoms with van der Waals surface area (Å²) < 4.78 is 57.6. The molecular formula is C13H13ClF4N2O. The van der Waals surface area contributed by atoms with Gasteiger partial charge in [-0.25, -0.2) is 13.8 Å². The quantitative estimate of drug-likeness (QED) is 0.598. The van der Waals surface area contributed by atoms with Crippen molar-refractivity contribution in [3.8, 4) is 5.75 Å². The molecule has 3 nitrogen and oxygen atoms in total. The molecule has 2 rings (SSSR count). The molecular weight excluding hydrogens is 312 g/mol. The van der Waals surface area contributed by atoms with E-state index >= 15 is 0 Å². The van der Waals surface area contributed by atoms with Gasteiger partial charge in [0.1, 0.15) is 11.6 Å². The summed E-state index contributed by atoms with van der Waals surface area (Å²) in [7, 11) is 1.46. The highest BCUT2D eigenvalue weighted by Gasteiger charge is 2.41. The molecule has 0 N–H and O–H groups in total. The molecule has 116 valence electrons. The zero-order valence-electron chi connectivity index (χ0n) is 11.1. The molecule has 0 bridgehead atoms. The summed E-state index contributed by atoms with van der Waals surface area (Å²) in [5.74, 6) is -3.23. The van der Waals surface area contributed by atoms with E-state index in [9.17, 15) is 17.6 Å². The Morgan fingerprint density at radius 2 is 2.10 bits per heavy atom. The Morgan fingerprint density at radius 1 is 1.38 bits per heavy atom. The Labute approximate surface area is 123 Å². The van der Waals surface area contributed by atoms with Gasteiger partial charge in [-0.05, 0) is 12.1 Å². The number of imidazole rings is 1. The highest BCUT2D eigenvalue weighted by molar-refractivity contribution is 6.17. The molecule has 21 heavy (non-hydrogen) atoms. The van der Waals surface area contributed by atoms with E-state index < -0.39 is 18.9 Å². The lowest BCUT2D eigenvalue weighted by Gasteiger charge is -2.18. The topological polar surface area (TPSA) is 27.1 Å². The molecule has 1 heterocycles. The highest BCUT2D eigenvalue weighted by Crippen LogP contribution is 2.29. The summed E-state index contributed by atoms with van der Waals surface area (Å²) in [6.07, 6.45) is -3.53. The van der Waals surface area contributed by atoms with Crippen LogP contribution in [-0.2, 0) is 13.0 Å². The number of nitrogens with zero attached hydrogens (tertiary/aromatic N) is 2. The average molecular weight is 325 g/mol. The largest absolute Gasteiger partial charge is 0.497 e. The van der Waals surface area contributed by atoms with Crippen molar-refractivity contribution >= 4 is 22.6 Å². The number of halogens is 5. The summed E-state index contributed by atoms with van der Waals surface area (Å²) >= 11 is 5.61. The van der Waals surface area contributed by atoms with Crippen molar-refractivity contribution in [2.45, 2.75) is 25.3 Å². The van der Waals surface area contributed by atoms with Crippen LogP contribution in [0.25, 0.3) is 11.0 Å². The van der Waals surface area contributed by atoms with E-state index in [1.165, 1.54) is 13.2 Å². The van der Waals surface area contributed by atoms with Gasteiger partial charge in [-0.1, -0.05) is 0 Å². The second kappa shape index (κ2) is 6.09. The van der Waals surface area contributed by atoms with Crippen LogP contribution in [0.1, 0.15) is 5.82 Å². The molecule has 8 heteroatoms. The van der Waals surface area contributed by atoms with Gasteiger partial charge in [-0.15, -0.1) is 11.6 Å². The van der Waals surface area contributed by atoms with Crippen LogP contribution in [0.3, 0.4) is 0 Å². The number of hydrogen-bond acceptors (Lipinski definition) is 2. The van der Waals surface area contributed by atoms with Crippen LogP contribution in [0, 0.1) is 0 Å². The minimum atomic E-state index is -4.13. The predicted octanol–water partition coefficient (Wildman–Crippen LogP) is 3.73. The van der Waals surface area contributed by atoms with Gasteiger partial charge in [-0.2, -0.15) is 8.78 Å². The van der Waals surface area contributed by atoms with Crippen molar-refractivity contribution in [1.29, 1.82) is 0 Å². The summed E-state index contributed by atoms with van der Waals surface area (Å²) in [4.78, 5) is 4.17. The number of ether oxygens (including phenoxy) is 1.